The maximum absolute atomic E-state index is 11.3. The number of hydrogen-bond acceptors (Lipinski definition) is 3. The number of benzene rings is 1. The van der Waals surface area contributed by atoms with Crippen molar-refractivity contribution in [2.24, 2.45) is 11.7 Å². The maximum Gasteiger partial charge on any atom is 0.337 e. The van der Waals surface area contributed by atoms with E-state index in [4.69, 9.17) is 5.73 Å². The Kier molecular flexibility index (Phi) is 3.79. The topological polar surface area (TPSA) is 52.3 Å². The van der Waals surface area contributed by atoms with Crippen molar-refractivity contribution in [2.75, 3.05) is 7.11 Å². The van der Waals surface area contributed by atoms with E-state index in [-0.39, 0.29) is 12.0 Å². The first kappa shape index (κ1) is 12.1. The van der Waals surface area contributed by atoms with Gasteiger partial charge >= 0.3 is 5.97 Å². The summed E-state index contributed by atoms with van der Waals surface area (Å²) in [5.41, 5.74) is 7.94. The van der Waals surface area contributed by atoms with Gasteiger partial charge in [0.1, 0.15) is 0 Å². The molecule has 1 aliphatic rings. The molecule has 1 atom stereocenters. The summed E-state index contributed by atoms with van der Waals surface area (Å²) in [6.45, 7) is 0. The van der Waals surface area contributed by atoms with Crippen LogP contribution in [0.15, 0.2) is 24.3 Å². The van der Waals surface area contributed by atoms with Crippen LogP contribution in [0.5, 0.6) is 0 Å². The molecule has 3 nitrogen and oxygen atoms in total. The molecular formula is C14H19NO2. The van der Waals surface area contributed by atoms with E-state index >= 15 is 0 Å². The average Bonchev–Trinajstić information content (AvgIpc) is 2.91. The number of esters is 1. The molecule has 1 aromatic carbocycles. The SMILES string of the molecule is COC(=O)c1ccc([C@@H](N)C2CCCC2)cc1. The molecular weight excluding hydrogens is 214 g/mol. The van der Waals surface area contributed by atoms with Gasteiger partial charge in [-0.3, -0.25) is 0 Å². The van der Waals surface area contributed by atoms with Gasteiger partial charge in [0.2, 0.25) is 0 Å². The van der Waals surface area contributed by atoms with E-state index in [0.717, 1.165) is 5.56 Å². The monoisotopic (exact) mass is 233 g/mol. The van der Waals surface area contributed by atoms with E-state index < -0.39 is 0 Å². The van der Waals surface area contributed by atoms with E-state index in [2.05, 4.69) is 4.74 Å². The largest absolute Gasteiger partial charge is 0.465 e. The van der Waals surface area contributed by atoms with Crippen molar-refractivity contribution in [2.45, 2.75) is 31.7 Å². The molecule has 0 aromatic heterocycles. The van der Waals surface area contributed by atoms with Crippen molar-refractivity contribution in [3.63, 3.8) is 0 Å². The van der Waals surface area contributed by atoms with Crippen LogP contribution >= 0.6 is 0 Å². The Balaban J connectivity index is 2.09. The van der Waals surface area contributed by atoms with Crippen LogP contribution in [0.1, 0.15) is 47.6 Å². The summed E-state index contributed by atoms with van der Waals surface area (Å²) in [5, 5.41) is 0. The van der Waals surface area contributed by atoms with Crippen LogP contribution in [-0.4, -0.2) is 13.1 Å². The number of methoxy groups -OCH3 is 1. The van der Waals surface area contributed by atoms with Crippen LogP contribution in [0, 0.1) is 5.92 Å². The zero-order valence-electron chi connectivity index (χ0n) is 10.2. The quantitative estimate of drug-likeness (QED) is 0.816. The van der Waals surface area contributed by atoms with Gasteiger partial charge in [-0.1, -0.05) is 25.0 Å². The standard InChI is InChI=1S/C14H19NO2/c1-17-14(16)12-8-6-11(7-9-12)13(15)10-4-2-3-5-10/h6-10,13H,2-5,15H2,1H3/t13-/m0/s1. The Hall–Kier alpha value is -1.35. The third-order valence-corrected chi connectivity index (χ3v) is 3.62. The van der Waals surface area contributed by atoms with Gasteiger partial charge in [-0.05, 0) is 36.5 Å². The van der Waals surface area contributed by atoms with Gasteiger partial charge in [0.05, 0.1) is 12.7 Å². The number of carbonyl (C=O) groups excluding carboxylic acids is 1. The summed E-state index contributed by atoms with van der Waals surface area (Å²) >= 11 is 0. The van der Waals surface area contributed by atoms with Crippen molar-refractivity contribution in [1.29, 1.82) is 0 Å². The molecule has 1 fully saturated rings. The molecule has 92 valence electrons. The predicted molar refractivity (Wildman–Crippen MR) is 66.7 cm³/mol. The van der Waals surface area contributed by atoms with Crippen molar-refractivity contribution in [1.82, 2.24) is 0 Å². The highest BCUT2D eigenvalue weighted by Gasteiger charge is 2.23. The van der Waals surface area contributed by atoms with Crippen LogP contribution in [-0.2, 0) is 4.74 Å². The second-order valence-electron chi connectivity index (χ2n) is 4.68. The molecule has 2 N–H and O–H groups in total. The summed E-state index contributed by atoms with van der Waals surface area (Å²) in [7, 11) is 1.39. The Morgan fingerprint density at radius 2 is 1.88 bits per heavy atom. The lowest BCUT2D eigenvalue weighted by Crippen LogP contribution is -2.19. The Labute approximate surface area is 102 Å². The summed E-state index contributed by atoms with van der Waals surface area (Å²) in [4.78, 5) is 11.3. The molecule has 0 aliphatic heterocycles. The third kappa shape index (κ3) is 2.67. The van der Waals surface area contributed by atoms with Gasteiger partial charge < -0.3 is 10.5 Å². The van der Waals surface area contributed by atoms with Crippen molar-refractivity contribution >= 4 is 5.97 Å². The first-order valence-corrected chi connectivity index (χ1v) is 6.16. The maximum atomic E-state index is 11.3. The summed E-state index contributed by atoms with van der Waals surface area (Å²) in [6.07, 6.45) is 5.02. The number of ether oxygens (including phenoxy) is 1. The Morgan fingerprint density at radius 3 is 2.41 bits per heavy atom. The molecule has 0 heterocycles. The smallest absolute Gasteiger partial charge is 0.337 e. The average molecular weight is 233 g/mol. The fourth-order valence-electron chi connectivity index (χ4n) is 2.55. The van der Waals surface area contributed by atoms with Gasteiger partial charge in [-0.15, -0.1) is 0 Å². The molecule has 1 saturated carbocycles. The van der Waals surface area contributed by atoms with E-state index in [1.54, 1.807) is 12.1 Å². The Bertz CT molecular complexity index is 380. The molecule has 1 aliphatic carbocycles. The highest BCUT2D eigenvalue weighted by molar-refractivity contribution is 5.89. The summed E-state index contributed by atoms with van der Waals surface area (Å²) in [5.74, 6) is 0.296. The highest BCUT2D eigenvalue weighted by Crippen LogP contribution is 2.34. The number of nitrogens with two attached hydrogens (primary N) is 1. The van der Waals surface area contributed by atoms with Crippen LogP contribution in [0.4, 0.5) is 0 Å². The first-order chi connectivity index (χ1) is 8.22. The second kappa shape index (κ2) is 5.32. The van der Waals surface area contributed by atoms with Gasteiger partial charge in [-0.25, -0.2) is 4.79 Å². The minimum atomic E-state index is -0.300. The van der Waals surface area contributed by atoms with E-state index in [1.165, 1.54) is 32.8 Å². The predicted octanol–water partition coefficient (Wildman–Crippen LogP) is 2.66. The summed E-state index contributed by atoms with van der Waals surface area (Å²) in [6, 6.07) is 7.56. The fourth-order valence-corrected chi connectivity index (χ4v) is 2.55. The van der Waals surface area contributed by atoms with Crippen molar-refractivity contribution in [3.8, 4) is 0 Å². The zero-order chi connectivity index (χ0) is 12.3. The van der Waals surface area contributed by atoms with E-state index in [0.29, 0.717) is 11.5 Å². The Morgan fingerprint density at radius 1 is 1.29 bits per heavy atom. The first-order valence-electron chi connectivity index (χ1n) is 6.16. The zero-order valence-corrected chi connectivity index (χ0v) is 10.2. The normalized spacial score (nSPS) is 18.0. The molecule has 3 heteroatoms. The molecule has 0 radical (unpaired) electrons. The second-order valence-corrected chi connectivity index (χ2v) is 4.68. The fraction of sp³-hybridized carbons (Fsp3) is 0.500. The lowest BCUT2D eigenvalue weighted by molar-refractivity contribution is 0.0600. The molecule has 0 saturated heterocycles. The minimum absolute atomic E-state index is 0.101. The molecule has 0 amide bonds. The lowest BCUT2D eigenvalue weighted by Gasteiger charge is -2.19. The number of carbonyl (C=O) groups is 1. The molecule has 0 bridgehead atoms. The van der Waals surface area contributed by atoms with Gasteiger partial charge in [-0.2, -0.15) is 0 Å². The molecule has 0 spiro atoms. The van der Waals surface area contributed by atoms with Crippen molar-refractivity contribution in [3.05, 3.63) is 35.4 Å². The highest BCUT2D eigenvalue weighted by atomic mass is 16.5. The van der Waals surface area contributed by atoms with E-state index in [9.17, 15) is 4.79 Å². The molecule has 17 heavy (non-hydrogen) atoms. The molecule has 2 rings (SSSR count). The van der Waals surface area contributed by atoms with Crippen LogP contribution in [0.25, 0.3) is 0 Å². The van der Waals surface area contributed by atoms with E-state index in [1.807, 2.05) is 12.1 Å². The van der Waals surface area contributed by atoms with Gasteiger partial charge in [0.25, 0.3) is 0 Å². The van der Waals surface area contributed by atoms with Crippen LogP contribution < -0.4 is 5.73 Å². The third-order valence-electron chi connectivity index (χ3n) is 3.62. The number of hydrogen-bond donors (Lipinski definition) is 1. The number of rotatable bonds is 3. The van der Waals surface area contributed by atoms with Gasteiger partial charge in [0, 0.05) is 6.04 Å². The minimum Gasteiger partial charge on any atom is -0.465 e. The van der Waals surface area contributed by atoms with Crippen molar-refractivity contribution < 1.29 is 9.53 Å². The van der Waals surface area contributed by atoms with Gasteiger partial charge in [0.15, 0.2) is 0 Å². The lowest BCUT2D eigenvalue weighted by atomic mass is 9.92. The molecule has 1 aromatic rings. The van der Waals surface area contributed by atoms with Crippen LogP contribution in [0.3, 0.4) is 0 Å². The van der Waals surface area contributed by atoms with Crippen LogP contribution in [0.2, 0.25) is 0 Å². The summed E-state index contributed by atoms with van der Waals surface area (Å²) < 4.78 is 4.67. The molecule has 0 unspecified atom stereocenters.